The number of aliphatic hydroxyl groups is 1. The summed E-state index contributed by atoms with van der Waals surface area (Å²) in [5.41, 5.74) is 2.74. The zero-order valence-corrected chi connectivity index (χ0v) is 20.6. The molecule has 1 aliphatic rings. The largest absolute Gasteiger partial charge is 0.389 e. The number of halogens is 2. The van der Waals surface area contributed by atoms with E-state index in [0.29, 0.717) is 23.3 Å². The molecule has 5 rings (SSSR count). The van der Waals surface area contributed by atoms with Gasteiger partial charge in [0.15, 0.2) is 0 Å². The molecule has 0 bridgehead atoms. The molecule has 3 heterocycles. The molecule has 5 nitrogen and oxygen atoms in total. The molecule has 0 radical (unpaired) electrons. The highest BCUT2D eigenvalue weighted by Gasteiger charge is 2.43. The summed E-state index contributed by atoms with van der Waals surface area (Å²) in [5.74, 6) is -1.32. The van der Waals surface area contributed by atoms with Crippen LogP contribution in [0.15, 0.2) is 30.5 Å². The molecule has 2 aromatic carbocycles. The van der Waals surface area contributed by atoms with Crippen molar-refractivity contribution in [3.8, 4) is 11.1 Å². The van der Waals surface area contributed by atoms with Gasteiger partial charge >= 0.3 is 0 Å². The Morgan fingerprint density at radius 3 is 2.68 bits per heavy atom. The average Bonchev–Trinajstić information content (AvgIpc) is 3.30. The van der Waals surface area contributed by atoms with Crippen LogP contribution in [0.2, 0.25) is 0 Å². The fourth-order valence-corrected chi connectivity index (χ4v) is 5.83. The number of H-pyrrole nitrogens is 1. The van der Waals surface area contributed by atoms with E-state index in [1.54, 1.807) is 23.5 Å². The predicted octanol–water partition coefficient (Wildman–Crippen LogP) is 5.89. The third-order valence-electron chi connectivity index (χ3n) is 6.75. The SMILES string of the molecule is Cc1nc(C)c(CNC2c3c(cc(F)c(-c4cccc5c(C)c[nH]c45)c3F)NC(C)(C)C2O)s1. The summed E-state index contributed by atoms with van der Waals surface area (Å²) < 4.78 is 31.7. The number of hydrogen-bond acceptors (Lipinski definition) is 5. The molecule has 0 spiro atoms. The molecule has 4 N–H and O–H groups in total. The van der Waals surface area contributed by atoms with Gasteiger partial charge < -0.3 is 20.7 Å². The van der Waals surface area contributed by atoms with Crippen LogP contribution in [0.4, 0.5) is 14.5 Å². The standard InChI is InChI=1S/C26H28F2N4OS/c1-12-10-29-23-15(12)7-6-8-16(23)20-17(27)9-18-21(22(20)28)24(25(33)26(4,5)32-18)30-11-19-13(2)31-14(3)34-19/h6-10,24-25,29-30,32-33H,11H2,1-5H3. The van der Waals surface area contributed by atoms with Crippen molar-refractivity contribution in [2.75, 3.05) is 5.32 Å². The summed E-state index contributed by atoms with van der Waals surface area (Å²) >= 11 is 1.57. The average molecular weight is 483 g/mol. The van der Waals surface area contributed by atoms with Gasteiger partial charge in [-0.05, 0) is 46.2 Å². The monoisotopic (exact) mass is 482 g/mol. The molecule has 0 amide bonds. The molecule has 0 fully saturated rings. The van der Waals surface area contributed by atoms with Gasteiger partial charge in [0.05, 0.1) is 39.5 Å². The lowest BCUT2D eigenvalue weighted by atomic mass is 9.81. The first kappa shape index (κ1) is 23.0. The highest BCUT2D eigenvalue weighted by Crippen LogP contribution is 2.44. The number of nitrogens with zero attached hydrogens (tertiary/aromatic N) is 1. The Morgan fingerprint density at radius 2 is 1.97 bits per heavy atom. The van der Waals surface area contributed by atoms with Crippen LogP contribution in [-0.2, 0) is 6.54 Å². The molecular weight excluding hydrogens is 454 g/mol. The number of hydrogen-bond donors (Lipinski definition) is 4. The molecule has 178 valence electrons. The van der Waals surface area contributed by atoms with E-state index < -0.39 is 29.3 Å². The van der Waals surface area contributed by atoms with Crippen LogP contribution in [0.25, 0.3) is 22.0 Å². The second-order valence-corrected chi connectivity index (χ2v) is 10.9. The van der Waals surface area contributed by atoms with Crippen molar-refractivity contribution in [1.29, 1.82) is 0 Å². The minimum Gasteiger partial charge on any atom is -0.389 e. The number of aliphatic hydroxyl groups excluding tert-OH is 1. The minimum atomic E-state index is -0.953. The van der Waals surface area contributed by atoms with Crippen molar-refractivity contribution < 1.29 is 13.9 Å². The predicted molar refractivity (Wildman–Crippen MR) is 133 cm³/mol. The number of thiazole rings is 1. The fourth-order valence-electron chi connectivity index (χ4n) is 4.94. The van der Waals surface area contributed by atoms with Crippen molar-refractivity contribution in [2.45, 2.75) is 58.8 Å². The molecule has 4 aromatic rings. The molecule has 34 heavy (non-hydrogen) atoms. The van der Waals surface area contributed by atoms with Crippen LogP contribution < -0.4 is 10.6 Å². The number of nitrogens with one attached hydrogen (secondary N) is 3. The Hall–Kier alpha value is -2.81. The van der Waals surface area contributed by atoms with Gasteiger partial charge in [-0.1, -0.05) is 18.2 Å². The lowest BCUT2D eigenvalue weighted by molar-refractivity contribution is 0.0664. The van der Waals surface area contributed by atoms with Crippen molar-refractivity contribution >= 4 is 27.9 Å². The second kappa shape index (κ2) is 8.15. The van der Waals surface area contributed by atoms with Crippen molar-refractivity contribution in [2.24, 2.45) is 0 Å². The Bertz CT molecular complexity index is 1410. The normalized spacial score (nSPS) is 19.3. The first-order valence-electron chi connectivity index (χ1n) is 11.3. The number of para-hydroxylation sites is 1. The third kappa shape index (κ3) is 3.61. The van der Waals surface area contributed by atoms with Gasteiger partial charge in [0.2, 0.25) is 0 Å². The summed E-state index contributed by atoms with van der Waals surface area (Å²) in [6, 6.07) is 6.05. The molecule has 2 atom stereocenters. The van der Waals surface area contributed by atoms with Crippen molar-refractivity contribution in [1.82, 2.24) is 15.3 Å². The Morgan fingerprint density at radius 1 is 1.21 bits per heavy atom. The Kier molecular flexibility index (Phi) is 5.50. The number of anilines is 1. The summed E-state index contributed by atoms with van der Waals surface area (Å²) in [5, 5.41) is 19.6. The van der Waals surface area contributed by atoms with Gasteiger partial charge in [0, 0.05) is 39.8 Å². The molecule has 2 unspecified atom stereocenters. The van der Waals surface area contributed by atoms with Gasteiger partial charge in [-0.25, -0.2) is 13.8 Å². The fraction of sp³-hybridized carbons (Fsp3) is 0.346. The smallest absolute Gasteiger partial charge is 0.140 e. The van der Waals surface area contributed by atoms with Crippen LogP contribution in [0.3, 0.4) is 0 Å². The van der Waals surface area contributed by atoms with Crippen molar-refractivity contribution in [3.05, 3.63) is 68.8 Å². The summed E-state index contributed by atoms with van der Waals surface area (Å²) in [6.07, 6.45) is 0.880. The van der Waals surface area contributed by atoms with E-state index in [2.05, 4.69) is 20.6 Å². The molecular formula is C26H28F2N4OS. The van der Waals surface area contributed by atoms with Gasteiger partial charge in [-0.3, -0.25) is 0 Å². The van der Waals surface area contributed by atoms with E-state index >= 15 is 8.78 Å². The van der Waals surface area contributed by atoms with Crippen LogP contribution in [-0.4, -0.2) is 26.7 Å². The van der Waals surface area contributed by atoms with Gasteiger partial charge in [0.25, 0.3) is 0 Å². The van der Waals surface area contributed by atoms with E-state index in [0.717, 1.165) is 26.5 Å². The summed E-state index contributed by atoms with van der Waals surface area (Å²) in [4.78, 5) is 8.64. The highest BCUT2D eigenvalue weighted by atomic mass is 32.1. The minimum absolute atomic E-state index is 0.100. The van der Waals surface area contributed by atoms with E-state index in [-0.39, 0.29) is 11.1 Å². The van der Waals surface area contributed by atoms with E-state index in [4.69, 9.17) is 0 Å². The molecule has 0 saturated carbocycles. The maximum atomic E-state index is 16.3. The number of benzene rings is 2. The maximum Gasteiger partial charge on any atom is 0.140 e. The Balaban J connectivity index is 1.65. The van der Waals surface area contributed by atoms with Gasteiger partial charge in [0.1, 0.15) is 11.6 Å². The molecule has 1 aliphatic heterocycles. The van der Waals surface area contributed by atoms with E-state index in [1.165, 1.54) is 6.07 Å². The third-order valence-corrected chi connectivity index (χ3v) is 7.83. The summed E-state index contributed by atoms with van der Waals surface area (Å²) in [7, 11) is 0. The number of rotatable bonds is 4. The maximum absolute atomic E-state index is 16.3. The molecule has 8 heteroatoms. The number of aromatic amines is 1. The first-order chi connectivity index (χ1) is 16.1. The zero-order valence-electron chi connectivity index (χ0n) is 19.8. The quantitative estimate of drug-likeness (QED) is 0.293. The molecule has 0 saturated heterocycles. The zero-order chi connectivity index (χ0) is 24.4. The topological polar surface area (TPSA) is 73.0 Å². The van der Waals surface area contributed by atoms with Gasteiger partial charge in [-0.15, -0.1) is 11.3 Å². The van der Waals surface area contributed by atoms with Crippen molar-refractivity contribution in [3.63, 3.8) is 0 Å². The number of aryl methyl sites for hydroxylation is 3. The lowest BCUT2D eigenvalue weighted by Gasteiger charge is -2.44. The lowest BCUT2D eigenvalue weighted by Crippen LogP contribution is -2.54. The van der Waals surface area contributed by atoms with E-state index in [1.807, 2.05) is 46.9 Å². The van der Waals surface area contributed by atoms with Crippen LogP contribution in [0.5, 0.6) is 0 Å². The first-order valence-corrected chi connectivity index (χ1v) is 12.1. The van der Waals surface area contributed by atoms with Crippen LogP contribution >= 0.6 is 11.3 Å². The molecule has 0 aliphatic carbocycles. The highest BCUT2D eigenvalue weighted by molar-refractivity contribution is 7.11. The summed E-state index contributed by atoms with van der Waals surface area (Å²) in [6.45, 7) is 9.90. The number of aromatic nitrogens is 2. The number of fused-ring (bicyclic) bond motifs is 2. The second-order valence-electron chi connectivity index (χ2n) is 9.60. The van der Waals surface area contributed by atoms with Crippen LogP contribution in [0, 0.1) is 32.4 Å². The Labute approximate surface area is 201 Å². The van der Waals surface area contributed by atoms with E-state index in [9.17, 15) is 5.11 Å². The van der Waals surface area contributed by atoms with Gasteiger partial charge in [-0.2, -0.15) is 0 Å². The van der Waals surface area contributed by atoms with Crippen LogP contribution in [0.1, 0.15) is 46.6 Å². The molecule has 2 aromatic heterocycles.